The molecule has 0 amide bonds. The number of carbonyl (C=O) groups is 1. The van der Waals surface area contributed by atoms with Gasteiger partial charge in [0.2, 0.25) is 0 Å². The number of hydrogen-bond donors (Lipinski definition) is 0. The van der Waals surface area contributed by atoms with Crippen LogP contribution in [0.15, 0.2) is 12.7 Å². The lowest BCUT2D eigenvalue weighted by molar-refractivity contribution is -0.142. The molecule has 0 N–H and O–H groups in total. The molecule has 82 valence electrons. The second-order valence-electron chi connectivity index (χ2n) is 2.99. The number of hydrogen-bond acceptors (Lipinski definition) is 3. The lowest BCUT2D eigenvalue weighted by Gasteiger charge is -2.12. The van der Waals surface area contributed by atoms with Crippen molar-refractivity contribution >= 4 is 17.7 Å². The number of thioether (sulfide) groups is 1. The molecular weight excluding hydrogens is 196 g/mol. The summed E-state index contributed by atoms with van der Waals surface area (Å²) in [5, 5.41) is -0.0565. The minimum absolute atomic E-state index is 0.0565. The number of ether oxygens (including phenoxy) is 1. The van der Waals surface area contributed by atoms with E-state index in [0.717, 1.165) is 18.6 Å². The van der Waals surface area contributed by atoms with Gasteiger partial charge in [0, 0.05) is 0 Å². The largest absolute Gasteiger partial charge is 0.465 e. The van der Waals surface area contributed by atoms with E-state index in [1.165, 1.54) is 0 Å². The summed E-state index contributed by atoms with van der Waals surface area (Å²) in [7, 11) is 0. The molecule has 0 rings (SSSR count). The van der Waals surface area contributed by atoms with Gasteiger partial charge in [-0.2, -0.15) is 0 Å². The number of allylic oxidation sites excluding steroid dienone is 1. The van der Waals surface area contributed by atoms with Gasteiger partial charge >= 0.3 is 5.97 Å². The Morgan fingerprint density at radius 1 is 1.57 bits per heavy atom. The fraction of sp³-hybridized carbons (Fsp3) is 0.727. The lowest BCUT2D eigenvalue weighted by Crippen LogP contribution is -2.20. The van der Waals surface area contributed by atoms with Gasteiger partial charge in [0.05, 0.1) is 6.61 Å². The zero-order valence-electron chi connectivity index (χ0n) is 9.12. The summed E-state index contributed by atoms with van der Waals surface area (Å²) in [6, 6.07) is 0. The summed E-state index contributed by atoms with van der Waals surface area (Å²) in [6.07, 6.45) is 4.79. The molecule has 0 aliphatic carbocycles. The maximum Gasteiger partial charge on any atom is 0.319 e. The molecule has 0 radical (unpaired) electrons. The first-order valence-electron chi connectivity index (χ1n) is 5.15. The fourth-order valence-corrected chi connectivity index (χ4v) is 2.20. The summed E-state index contributed by atoms with van der Waals surface area (Å²) in [6.45, 7) is 8.09. The van der Waals surface area contributed by atoms with E-state index in [4.69, 9.17) is 4.74 Å². The third kappa shape index (κ3) is 6.08. The molecule has 0 spiro atoms. The number of rotatable bonds is 8. The molecule has 14 heavy (non-hydrogen) atoms. The first kappa shape index (κ1) is 13.6. The van der Waals surface area contributed by atoms with Crippen LogP contribution >= 0.6 is 11.8 Å². The average Bonchev–Trinajstić information content (AvgIpc) is 2.17. The molecule has 2 nitrogen and oxygen atoms in total. The van der Waals surface area contributed by atoms with Crippen LogP contribution in [0.2, 0.25) is 0 Å². The Labute approximate surface area is 91.1 Å². The van der Waals surface area contributed by atoms with Crippen LogP contribution in [0.4, 0.5) is 0 Å². The molecule has 0 fully saturated rings. The Kier molecular flexibility index (Phi) is 8.84. The van der Waals surface area contributed by atoms with E-state index >= 15 is 0 Å². The average molecular weight is 216 g/mol. The molecule has 0 bridgehead atoms. The fourth-order valence-electron chi connectivity index (χ4n) is 0.989. The number of unbranched alkanes of at least 4 members (excludes halogenated alkanes) is 1. The normalized spacial score (nSPS) is 12.1. The molecule has 1 unspecified atom stereocenters. The van der Waals surface area contributed by atoms with Crippen molar-refractivity contribution in [2.24, 2.45) is 0 Å². The van der Waals surface area contributed by atoms with E-state index in [9.17, 15) is 4.79 Å². The van der Waals surface area contributed by atoms with E-state index in [1.54, 1.807) is 17.8 Å². The third-order valence-corrected chi connectivity index (χ3v) is 3.06. The minimum Gasteiger partial charge on any atom is -0.465 e. The van der Waals surface area contributed by atoms with E-state index in [1.807, 2.05) is 6.92 Å². The van der Waals surface area contributed by atoms with Crippen LogP contribution in [0.25, 0.3) is 0 Å². The molecule has 0 aliphatic heterocycles. The molecular formula is C11H20O2S. The van der Waals surface area contributed by atoms with E-state index in [-0.39, 0.29) is 11.2 Å². The van der Waals surface area contributed by atoms with Crippen molar-refractivity contribution in [1.82, 2.24) is 0 Å². The maximum absolute atomic E-state index is 11.4. The van der Waals surface area contributed by atoms with Crippen LogP contribution in [0.1, 0.15) is 33.1 Å². The van der Waals surface area contributed by atoms with Gasteiger partial charge in [0.25, 0.3) is 0 Å². The maximum atomic E-state index is 11.4. The van der Waals surface area contributed by atoms with Crippen molar-refractivity contribution < 1.29 is 9.53 Å². The zero-order valence-corrected chi connectivity index (χ0v) is 9.94. The third-order valence-electron chi connectivity index (χ3n) is 1.75. The Bertz CT molecular complexity index is 169. The van der Waals surface area contributed by atoms with Crippen LogP contribution in [0.3, 0.4) is 0 Å². The first-order chi connectivity index (χ1) is 6.76. The molecule has 0 aromatic heterocycles. The van der Waals surface area contributed by atoms with Crippen molar-refractivity contribution in [3.05, 3.63) is 12.7 Å². The summed E-state index contributed by atoms with van der Waals surface area (Å²) >= 11 is 1.67. The molecule has 1 atom stereocenters. The highest BCUT2D eigenvalue weighted by atomic mass is 32.2. The minimum atomic E-state index is -0.103. The number of esters is 1. The molecule has 0 saturated carbocycles. The molecule has 0 heterocycles. The van der Waals surface area contributed by atoms with Gasteiger partial charge in [0.1, 0.15) is 5.25 Å². The highest BCUT2D eigenvalue weighted by Gasteiger charge is 2.17. The summed E-state index contributed by atoms with van der Waals surface area (Å²) in [5.41, 5.74) is 0. The van der Waals surface area contributed by atoms with Crippen LogP contribution in [-0.4, -0.2) is 23.6 Å². The smallest absolute Gasteiger partial charge is 0.319 e. The van der Waals surface area contributed by atoms with Crippen molar-refractivity contribution in [2.45, 2.75) is 38.4 Å². The lowest BCUT2D eigenvalue weighted by atomic mass is 10.3. The number of carbonyl (C=O) groups excluding carboxylic acids is 1. The van der Waals surface area contributed by atoms with Crippen molar-refractivity contribution in [2.75, 3.05) is 12.4 Å². The van der Waals surface area contributed by atoms with Gasteiger partial charge in [0.15, 0.2) is 0 Å². The summed E-state index contributed by atoms with van der Waals surface area (Å²) in [4.78, 5) is 11.4. The molecule has 3 heteroatoms. The second-order valence-corrected chi connectivity index (χ2v) is 4.30. The SMILES string of the molecule is C=CCC(SCCCC)C(=O)OCC. The first-order valence-corrected chi connectivity index (χ1v) is 6.20. The van der Waals surface area contributed by atoms with Gasteiger partial charge in [-0.05, 0) is 25.5 Å². The second kappa shape index (κ2) is 9.13. The monoisotopic (exact) mass is 216 g/mol. The van der Waals surface area contributed by atoms with E-state index < -0.39 is 0 Å². The summed E-state index contributed by atoms with van der Waals surface area (Å²) < 4.78 is 4.98. The van der Waals surface area contributed by atoms with Gasteiger partial charge in [-0.25, -0.2) is 0 Å². The van der Waals surface area contributed by atoms with E-state index in [2.05, 4.69) is 13.5 Å². The van der Waals surface area contributed by atoms with Gasteiger partial charge < -0.3 is 4.74 Å². The van der Waals surface area contributed by atoms with Gasteiger partial charge in [-0.15, -0.1) is 18.3 Å². The Balaban J connectivity index is 3.86. The highest BCUT2D eigenvalue weighted by Crippen LogP contribution is 2.18. The molecule has 0 aromatic rings. The van der Waals surface area contributed by atoms with E-state index in [0.29, 0.717) is 13.0 Å². The van der Waals surface area contributed by atoms with Crippen molar-refractivity contribution in [1.29, 1.82) is 0 Å². The predicted octanol–water partition coefficient (Wildman–Crippen LogP) is 3.03. The van der Waals surface area contributed by atoms with Crippen LogP contribution in [0, 0.1) is 0 Å². The zero-order chi connectivity index (χ0) is 10.8. The molecule has 0 saturated heterocycles. The van der Waals surface area contributed by atoms with Gasteiger partial charge in [-0.3, -0.25) is 4.79 Å². The summed E-state index contributed by atoms with van der Waals surface area (Å²) in [5.74, 6) is 0.918. The van der Waals surface area contributed by atoms with Crippen LogP contribution in [-0.2, 0) is 9.53 Å². The Morgan fingerprint density at radius 3 is 2.79 bits per heavy atom. The van der Waals surface area contributed by atoms with Crippen LogP contribution in [0.5, 0.6) is 0 Å². The Hall–Kier alpha value is -0.440. The van der Waals surface area contributed by atoms with Crippen molar-refractivity contribution in [3.8, 4) is 0 Å². The molecule has 0 aromatic carbocycles. The quantitative estimate of drug-likeness (QED) is 0.354. The predicted molar refractivity (Wildman–Crippen MR) is 62.6 cm³/mol. The van der Waals surface area contributed by atoms with Crippen LogP contribution < -0.4 is 0 Å². The standard InChI is InChI=1S/C11H20O2S/c1-4-7-9-14-10(8-5-2)11(12)13-6-3/h5,10H,2,4,6-9H2,1,3H3. The van der Waals surface area contributed by atoms with Gasteiger partial charge in [-0.1, -0.05) is 19.4 Å². The topological polar surface area (TPSA) is 26.3 Å². The highest BCUT2D eigenvalue weighted by molar-refractivity contribution is 8.00. The molecule has 0 aliphatic rings. The van der Waals surface area contributed by atoms with Crippen molar-refractivity contribution in [3.63, 3.8) is 0 Å². The Morgan fingerprint density at radius 2 is 2.29 bits per heavy atom.